The molecule has 1 aromatic rings. The maximum atomic E-state index is 11.3. The Labute approximate surface area is 82.3 Å². The predicted molar refractivity (Wildman–Crippen MR) is 51.7 cm³/mol. The minimum absolute atomic E-state index is 0.134. The zero-order valence-corrected chi connectivity index (χ0v) is 8.15. The molecule has 14 heavy (non-hydrogen) atoms. The number of carbonyl (C=O) groups is 1. The molecular weight excluding hydrogens is 182 g/mol. The number of nitrogens with two attached hydrogens (primary N) is 1. The summed E-state index contributed by atoms with van der Waals surface area (Å²) in [5.74, 6) is -0.377. The van der Waals surface area contributed by atoms with Gasteiger partial charge in [-0.3, -0.25) is 0 Å². The largest absolute Gasteiger partial charge is 0.508 e. The molecule has 0 saturated heterocycles. The Bertz CT molecular complexity index is 330. The number of hydrogen-bond donors (Lipinski definition) is 2. The minimum atomic E-state index is -1.18. The van der Waals surface area contributed by atoms with E-state index < -0.39 is 11.5 Å². The monoisotopic (exact) mass is 195 g/mol. The van der Waals surface area contributed by atoms with Crippen LogP contribution in [0.4, 0.5) is 0 Å². The van der Waals surface area contributed by atoms with Crippen LogP contribution in [0.1, 0.15) is 12.5 Å². The van der Waals surface area contributed by atoms with Gasteiger partial charge in [-0.1, -0.05) is 12.1 Å². The second kappa shape index (κ2) is 3.67. The van der Waals surface area contributed by atoms with Crippen LogP contribution in [0.5, 0.6) is 5.75 Å². The highest BCUT2D eigenvalue weighted by Gasteiger charge is 2.31. The van der Waals surface area contributed by atoms with E-state index in [2.05, 4.69) is 4.74 Å². The van der Waals surface area contributed by atoms with Crippen LogP contribution in [0.2, 0.25) is 0 Å². The zero-order chi connectivity index (χ0) is 10.8. The summed E-state index contributed by atoms with van der Waals surface area (Å²) < 4.78 is 4.57. The van der Waals surface area contributed by atoms with Crippen LogP contribution in [-0.2, 0) is 15.1 Å². The zero-order valence-electron chi connectivity index (χ0n) is 8.15. The third kappa shape index (κ3) is 1.85. The van der Waals surface area contributed by atoms with Crippen molar-refractivity contribution in [1.82, 2.24) is 0 Å². The summed E-state index contributed by atoms with van der Waals surface area (Å²) in [6.45, 7) is 1.56. The standard InChI is InChI=1S/C10H13NO3/c1-10(11,9(13)14-2)7-3-5-8(12)6-4-7/h3-6,12H,11H2,1-2H3. The summed E-state index contributed by atoms with van der Waals surface area (Å²) >= 11 is 0. The van der Waals surface area contributed by atoms with Gasteiger partial charge in [0.2, 0.25) is 0 Å². The van der Waals surface area contributed by atoms with Gasteiger partial charge in [-0.2, -0.15) is 0 Å². The van der Waals surface area contributed by atoms with E-state index in [-0.39, 0.29) is 5.75 Å². The molecular formula is C10H13NO3. The molecule has 1 aromatic carbocycles. The van der Waals surface area contributed by atoms with Crippen molar-refractivity contribution >= 4 is 5.97 Å². The van der Waals surface area contributed by atoms with Crippen molar-refractivity contribution in [2.45, 2.75) is 12.5 Å². The fourth-order valence-electron chi connectivity index (χ4n) is 1.14. The van der Waals surface area contributed by atoms with Crippen LogP contribution in [-0.4, -0.2) is 18.2 Å². The maximum Gasteiger partial charge on any atom is 0.330 e. The van der Waals surface area contributed by atoms with Crippen molar-refractivity contribution in [3.8, 4) is 5.75 Å². The lowest BCUT2D eigenvalue weighted by Gasteiger charge is -2.21. The average molecular weight is 195 g/mol. The number of phenolic OH excluding ortho intramolecular Hbond substituents is 1. The number of methoxy groups -OCH3 is 1. The van der Waals surface area contributed by atoms with Gasteiger partial charge in [0, 0.05) is 0 Å². The number of phenols is 1. The lowest BCUT2D eigenvalue weighted by atomic mass is 9.93. The van der Waals surface area contributed by atoms with Gasteiger partial charge in [-0.25, -0.2) is 4.79 Å². The van der Waals surface area contributed by atoms with E-state index in [1.165, 1.54) is 19.2 Å². The quantitative estimate of drug-likeness (QED) is 0.683. The highest BCUT2D eigenvalue weighted by molar-refractivity contribution is 5.81. The van der Waals surface area contributed by atoms with Gasteiger partial charge >= 0.3 is 5.97 Å². The number of rotatable bonds is 2. The van der Waals surface area contributed by atoms with Crippen molar-refractivity contribution in [2.24, 2.45) is 5.73 Å². The Hall–Kier alpha value is -1.55. The molecule has 0 saturated carbocycles. The predicted octanol–water partition coefficient (Wildman–Crippen LogP) is 0.739. The third-order valence-corrected chi connectivity index (χ3v) is 2.08. The summed E-state index contributed by atoms with van der Waals surface area (Å²) in [6, 6.07) is 6.13. The molecule has 0 aromatic heterocycles. The summed E-state index contributed by atoms with van der Waals surface area (Å²) in [7, 11) is 1.29. The fourth-order valence-corrected chi connectivity index (χ4v) is 1.14. The van der Waals surface area contributed by atoms with Crippen molar-refractivity contribution in [3.05, 3.63) is 29.8 Å². The molecule has 0 bridgehead atoms. The second-order valence-corrected chi connectivity index (χ2v) is 3.24. The fraction of sp³-hybridized carbons (Fsp3) is 0.300. The maximum absolute atomic E-state index is 11.3. The Morgan fingerprint density at radius 1 is 1.43 bits per heavy atom. The molecule has 1 unspecified atom stereocenters. The van der Waals surface area contributed by atoms with Gasteiger partial charge in [0.25, 0.3) is 0 Å². The minimum Gasteiger partial charge on any atom is -0.508 e. The molecule has 4 heteroatoms. The van der Waals surface area contributed by atoms with Crippen molar-refractivity contribution < 1.29 is 14.6 Å². The number of ether oxygens (including phenoxy) is 1. The van der Waals surface area contributed by atoms with Crippen molar-refractivity contribution in [1.29, 1.82) is 0 Å². The smallest absolute Gasteiger partial charge is 0.330 e. The number of carbonyl (C=O) groups excluding carboxylic acids is 1. The molecule has 0 aliphatic carbocycles. The lowest BCUT2D eigenvalue weighted by molar-refractivity contribution is -0.146. The molecule has 3 N–H and O–H groups in total. The van der Waals surface area contributed by atoms with E-state index in [1.54, 1.807) is 19.1 Å². The van der Waals surface area contributed by atoms with Gasteiger partial charge in [0.05, 0.1) is 7.11 Å². The lowest BCUT2D eigenvalue weighted by Crippen LogP contribution is -2.42. The Kier molecular flexibility index (Phi) is 2.76. The summed E-state index contributed by atoms with van der Waals surface area (Å²) in [5.41, 5.74) is 5.21. The highest BCUT2D eigenvalue weighted by Crippen LogP contribution is 2.21. The molecule has 1 atom stereocenters. The van der Waals surface area contributed by atoms with Crippen molar-refractivity contribution in [2.75, 3.05) is 7.11 Å². The van der Waals surface area contributed by atoms with Crippen LogP contribution < -0.4 is 5.73 Å². The van der Waals surface area contributed by atoms with Gasteiger partial charge in [0.1, 0.15) is 11.3 Å². The van der Waals surface area contributed by atoms with Gasteiger partial charge in [-0.15, -0.1) is 0 Å². The number of benzene rings is 1. The SMILES string of the molecule is COC(=O)C(C)(N)c1ccc(O)cc1. The van der Waals surface area contributed by atoms with E-state index in [0.717, 1.165) is 0 Å². The van der Waals surface area contributed by atoms with Crippen LogP contribution in [0.15, 0.2) is 24.3 Å². The number of aromatic hydroxyl groups is 1. The first-order valence-corrected chi connectivity index (χ1v) is 4.15. The number of esters is 1. The topological polar surface area (TPSA) is 72.5 Å². The first-order chi connectivity index (χ1) is 6.48. The van der Waals surface area contributed by atoms with E-state index >= 15 is 0 Å². The van der Waals surface area contributed by atoms with E-state index in [4.69, 9.17) is 10.8 Å². The van der Waals surface area contributed by atoms with Crippen LogP contribution in [0, 0.1) is 0 Å². The summed E-state index contributed by atoms with van der Waals surface area (Å²) in [6.07, 6.45) is 0. The average Bonchev–Trinajstić information content (AvgIpc) is 2.17. The molecule has 0 spiro atoms. The first-order valence-electron chi connectivity index (χ1n) is 4.15. The summed E-state index contributed by atoms with van der Waals surface area (Å²) in [4.78, 5) is 11.3. The van der Waals surface area contributed by atoms with Crippen LogP contribution >= 0.6 is 0 Å². The molecule has 0 aliphatic rings. The van der Waals surface area contributed by atoms with Gasteiger partial charge in [-0.05, 0) is 24.6 Å². The highest BCUT2D eigenvalue weighted by atomic mass is 16.5. The van der Waals surface area contributed by atoms with Gasteiger partial charge < -0.3 is 15.6 Å². The molecule has 0 radical (unpaired) electrons. The second-order valence-electron chi connectivity index (χ2n) is 3.24. The van der Waals surface area contributed by atoms with Crippen molar-refractivity contribution in [3.63, 3.8) is 0 Å². The van der Waals surface area contributed by atoms with Crippen LogP contribution in [0.25, 0.3) is 0 Å². The Balaban J connectivity index is 3.03. The normalized spacial score (nSPS) is 14.5. The third-order valence-electron chi connectivity index (χ3n) is 2.08. The molecule has 0 aliphatic heterocycles. The molecule has 0 heterocycles. The number of hydrogen-bond acceptors (Lipinski definition) is 4. The molecule has 0 fully saturated rings. The van der Waals surface area contributed by atoms with Crippen LogP contribution in [0.3, 0.4) is 0 Å². The summed E-state index contributed by atoms with van der Waals surface area (Å²) in [5, 5.41) is 9.06. The molecule has 76 valence electrons. The first kappa shape index (κ1) is 10.5. The van der Waals surface area contributed by atoms with E-state index in [9.17, 15) is 4.79 Å². The molecule has 1 rings (SSSR count). The van der Waals surface area contributed by atoms with E-state index in [0.29, 0.717) is 5.56 Å². The van der Waals surface area contributed by atoms with E-state index in [1.807, 2.05) is 0 Å². The van der Waals surface area contributed by atoms with Gasteiger partial charge in [0.15, 0.2) is 0 Å². The molecule has 0 amide bonds. The Morgan fingerprint density at radius 2 is 1.93 bits per heavy atom. The Morgan fingerprint density at radius 3 is 2.36 bits per heavy atom. The molecule has 4 nitrogen and oxygen atoms in total.